The van der Waals surface area contributed by atoms with Gasteiger partial charge in [0.25, 0.3) is 11.5 Å². The van der Waals surface area contributed by atoms with E-state index in [0.29, 0.717) is 0 Å². The number of anilines is 1. The summed E-state index contributed by atoms with van der Waals surface area (Å²) in [6.45, 7) is 3.32. The zero-order chi connectivity index (χ0) is 19.2. The number of H-pyrrole nitrogens is 1. The minimum Gasteiger partial charge on any atom is -0.329 e. The Morgan fingerprint density at radius 3 is 2.40 bits per heavy atom. The highest BCUT2D eigenvalue weighted by Crippen LogP contribution is 2.44. The van der Waals surface area contributed by atoms with Gasteiger partial charge in [0.15, 0.2) is 0 Å². The summed E-state index contributed by atoms with van der Waals surface area (Å²) in [4.78, 5) is 49.5. The quantitative estimate of drug-likeness (QED) is 0.648. The normalized spacial score (nSPS) is 19.7. The van der Waals surface area contributed by atoms with Crippen molar-refractivity contribution in [3.05, 3.63) is 26.4 Å². The maximum Gasteiger partial charge on any atom is 0.425 e. The first kappa shape index (κ1) is 19.0. The molecule has 12 heteroatoms. The molecule has 1 atom stereocenters. The highest BCUT2D eigenvalue weighted by atomic mass is 35.5. The Bertz CT molecular complexity index is 845. The van der Waals surface area contributed by atoms with Crippen molar-refractivity contribution in [2.75, 3.05) is 11.2 Å². The molecule has 0 saturated carbocycles. The van der Waals surface area contributed by atoms with Crippen LogP contribution in [0.15, 0.2) is 9.59 Å². The van der Waals surface area contributed by atoms with Gasteiger partial charge in [0.2, 0.25) is 11.4 Å². The lowest BCUT2D eigenvalue weighted by molar-refractivity contribution is -0.200. The first-order chi connectivity index (χ1) is 11.5. The second kappa shape index (κ2) is 6.21. The standard InChI is InChI=1S/C13H14ClF3N4O4/c1-5(2)4-21-8-7(9(23)19-11(21)25)12(10(24)18-8,13(15,16)17)20-6(22)3-14/h5H,3-4H2,1-2H3,(H,18,24)(H,20,22)(H,19,23,25)/t12-/m1/s1. The third-order valence-electron chi connectivity index (χ3n) is 3.57. The molecule has 1 aliphatic rings. The predicted molar refractivity (Wildman–Crippen MR) is 81.4 cm³/mol. The molecule has 0 bridgehead atoms. The Balaban J connectivity index is 2.85. The van der Waals surface area contributed by atoms with E-state index >= 15 is 0 Å². The zero-order valence-electron chi connectivity index (χ0n) is 13.1. The number of hydrogen-bond acceptors (Lipinski definition) is 4. The molecule has 0 fully saturated rings. The summed E-state index contributed by atoms with van der Waals surface area (Å²) in [6, 6.07) is 0. The van der Waals surface area contributed by atoms with Gasteiger partial charge in [-0.15, -0.1) is 11.6 Å². The first-order valence-corrected chi connectivity index (χ1v) is 7.62. The van der Waals surface area contributed by atoms with Gasteiger partial charge < -0.3 is 10.6 Å². The molecule has 0 saturated heterocycles. The van der Waals surface area contributed by atoms with Gasteiger partial charge in [0, 0.05) is 6.54 Å². The molecule has 2 amide bonds. The monoisotopic (exact) mass is 382 g/mol. The Morgan fingerprint density at radius 1 is 1.32 bits per heavy atom. The van der Waals surface area contributed by atoms with Gasteiger partial charge >= 0.3 is 11.9 Å². The number of alkyl halides is 4. The van der Waals surface area contributed by atoms with Gasteiger partial charge in [-0.2, -0.15) is 13.2 Å². The van der Waals surface area contributed by atoms with Crippen LogP contribution in [0.4, 0.5) is 19.0 Å². The van der Waals surface area contributed by atoms with Crippen LogP contribution in [0.5, 0.6) is 0 Å². The molecule has 0 unspecified atom stereocenters. The van der Waals surface area contributed by atoms with Crippen molar-refractivity contribution < 1.29 is 22.8 Å². The molecule has 0 aliphatic carbocycles. The van der Waals surface area contributed by atoms with E-state index in [1.165, 1.54) is 5.32 Å². The van der Waals surface area contributed by atoms with E-state index in [0.717, 1.165) is 4.57 Å². The number of fused-ring (bicyclic) bond motifs is 1. The third kappa shape index (κ3) is 2.92. The van der Waals surface area contributed by atoms with Crippen molar-refractivity contribution in [3.8, 4) is 0 Å². The maximum atomic E-state index is 13.8. The minimum absolute atomic E-state index is 0.0599. The summed E-state index contributed by atoms with van der Waals surface area (Å²) in [5.74, 6) is -4.63. The third-order valence-corrected chi connectivity index (χ3v) is 3.81. The molecule has 8 nitrogen and oxygen atoms in total. The highest BCUT2D eigenvalue weighted by Gasteiger charge is 2.68. The van der Waals surface area contributed by atoms with Crippen molar-refractivity contribution in [2.24, 2.45) is 5.92 Å². The largest absolute Gasteiger partial charge is 0.425 e. The second-order valence-electron chi connectivity index (χ2n) is 5.87. The SMILES string of the molecule is CC(C)Cn1c2c(c(=O)[nH]c1=O)[C@](NC(=O)CCl)(C(F)(F)F)C(=O)N2. The number of aromatic amines is 1. The second-order valence-corrected chi connectivity index (χ2v) is 6.14. The number of rotatable bonds is 4. The lowest BCUT2D eigenvalue weighted by Gasteiger charge is -2.29. The summed E-state index contributed by atoms with van der Waals surface area (Å²) in [6.07, 6.45) is -5.35. The average molecular weight is 383 g/mol. The van der Waals surface area contributed by atoms with Gasteiger partial charge in [-0.3, -0.25) is 23.9 Å². The van der Waals surface area contributed by atoms with E-state index in [4.69, 9.17) is 11.6 Å². The molecule has 138 valence electrons. The van der Waals surface area contributed by atoms with Crippen LogP contribution >= 0.6 is 11.6 Å². The van der Waals surface area contributed by atoms with Gasteiger partial charge in [0.05, 0.1) is 0 Å². The van der Waals surface area contributed by atoms with Crippen LogP contribution in [0.25, 0.3) is 0 Å². The molecular formula is C13H14ClF3N4O4. The van der Waals surface area contributed by atoms with Gasteiger partial charge in [-0.05, 0) is 5.92 Å². The molecule has 25 heavy (non-hydrogen) atoms. The summed E-state index contributed by atoms with van der Waals surface area (Å²) < 4.78 is 42.1. The molecule has 1 aliphatic heterocycles. The van der Waals surface area contributed by atoms with Crippen LogP contribution in [0.2, 0.25) is 0 Å². The minimum atomic E-state index is -5.35. The van der Waals surface area contributed by atoms with E-state index in [9.17, 15) is 32.3 Å². The molecule has 0 radical (unpaired) electrons. The van der Waals surface area contributed by atoms with E-state index < -0.39 is 52.0 Å². The Morgan fingerprint density at radius 2 is 1.92 bits per heavy atom. The number of nitrogens with one attached hydrogen (secondary N) is 3. The maximum absolute atomic E-state index is 13.8. The Kier molecular flexibility index (Phi) is 4.73. The fourth-order valence-corrected chi connectivity index (χ4v) is 2.67. The molecule has 0 spiro atoms. The topological polar surface area (TPSA) is 113 Å². The van der Waals surface area contributed by atoms with E-state index in [-0.39, 0.29) is 12.5 Å². The van der Waals surface area contributed by atoms with Crippen molar-refractivity contribution in [3.63, 3.8) is 0 Å². The number of hydrogen-bond donors (Lipinski definition) is 3. The average Bonchev–Trinajstić information content (AvgIpc) is 2.77. The van der Waals surface area contributed by atoms with Crippen LogP contribution in [-0.4, -0.2) is 33.4 Å². The predicted octanol–water partition coefficient (Wildman–Crippen LogP) is 0.257. The number of carbonyl (C=O) groups excluding carboxylic acids is 2. The molecule has 3 N–H and O–H groups in total. The lowest BCUT2D eigenvalue weighted by Crippen LogP contribution is -2.62. The van der Waals surface area contributed by atoms with Crippen LogP contribution in [0.3, 0.4) is 0 Å². The van der Waals surface area contributed by atoms with E-state index in [1.54, 1.807) is 18.8 Å². The van der Waals surface area contributed by atoms with Crippen LogP contribution in [0, 0.1) is 5.92 Å². The zero-order valence-corrected chi connectivity index (χ0v) is 13.8. The fourth-order valence-electron chi connectivity index (χ4n) is 2.61. The summed E-state index contributed by atoms with van der Waals surface area (Å²) in [5, 5.41) is 3.39. The van der Waals surface area contributed by atoms with Crippen molar-refractivity contribution in [2.45, 2.75) is 32.1 Å². The molecule has 1 aromatic rings. The van der Waals surface area contributed by atoms with E-state index in [2.05, 4.69) is 0 Å². The number of halogens is 4. The highest BCUT2D eigenvalue weighted by molar-refractivity contribution is 6.27. The summed E-state index contributed by atoms with van der Waals surface area (Å²) >= 11 is 5.23. The lowest BCUT2D eigenvalue weighted by atomic mass is 9.92. The number of amides is 2. The Hall–Kier alpha value is -2.30. The molecule has 1 aromatic heterocycles. The van der Waals surface area contributed by atoms with Crippen molar-refractivity contribution >= 4 is 29.2 Å². The van der Waals surface area contributed by atoms with Gasteiger partial charge in [-0.1, -0.05) is 13.8 Å². The van der Waals surface area contributed by atoms with Gasteiger partial charge in [-0.25, -0.2) is 4.79 Å². The number of aromatic nitrogens is 2. The fraction of sp³-hybridized carbons (Fsp3) is 0.538. The molecule has 2 rings (SSSR count). The molecule has 0 aromatic carbocycles. The Labute approximate surface area is 143 Å². The van der Waals surface area contributed by atoms with Crippen LogP contribution in [0.1, 0.15) is 19.4 Å². The summed E-state index contributed by atoms with van der Waals surface area (Å²) in [5.41, 5.74) is -7.12. The van der Waals surface area contributed by atoms with Crippen LogP contribution < -0.4 is 21.9 Å². The van der Waals surface area contributed by atoms with Crippen molar-refractivity contribution in [1.82, 2.24) is 14.9 Å². The summed E-state index contributed by atoms with van der Waals surface area (Å²) in [7, 11) is 0. The molecule has 2 heterocycles. The molecular weight excluding hydrogens is 369 g/mol. The van der Waals surface area contributed by atoms with Crippen molar-refractivity contribution in [1.29, 1.82) is 0 Å². The number of carbonyl (C=O) groups is 2. The van der Waals surface area contributed by atoms with E-state index in [1.807, 2.05) is 5.32 Å². The number of nitrogens with zero attached hydrogens (tertiary/aromatic N) is 1. The van der Waals surface area contributed by atoms with Crippen LogP contribution in [-0.2, 0) is 21.7 Å². The van der Waals surface area contributed by atoms with Gasteiger partial charge in [0.1, 0.15) is 17.3 Å². The smallest absolute Gasteiger partial charge is 0.329 e. The first-order valence-electron chi connectivity index (χ1n) is 7.08.